The molecule has 1 saturated heterocycles. The van der Waals surface area contributed by atoms with Gasteiger partial charge in [0.15, 0.2) is 0 Å². The normalized spacial score (nSPS) is 23.1. The molecule has 0 spiro atoms. The SMILES string of the molecule is CCOC(=O)[C@@H]1[C@@H](c2ccccc2)[C@H]([N+](=O)[O-])[C@H](c2ccc(C)cc2)N1C(=O)OC. The molecule has 3 rings (SSSR count). The topological polar surface area (TPSA) is 99.0 Å². The van der Waals surface area contributed by atoms with Gasteiger partial charge in [0.1, 0.15) is 12.1 Å². The summed E-state index contributed by atoms with van der Waals surface area (Å²) < 4.78 is 10.2. The first-order valence-electron chi connectivity index (χ1n) is 9.68. The van der Waals surface area contributed by atoms with Crippen LogP contribution in [0.15, 0.2) is 54.6 Å². The first-order chi connectivity index (χ1) is 14.4. The van der Waals surface area contributed by atoms with Crippen molar-refractivity contribution < 1.29 is 24.0 Å². The Morgan fingerprint density at radius 3 is 2.23 bits per heavy atom. The number of carbonyl (C=O) groups is 2. The minimum atomic E-state index is -1.26. The van der Waals surface area contributed by atoms with Gasteiger partial charge in [-0.15, -0.1) is 0 Å². The van der Waals surface area contributed by atoms with Crippen molar-refractivity contribution in [1.82, 2.24) is 4.90 Å². The van der Waals surface area contributed by atoms with E-state index in [1.807, 2.05) is 19.1 Å². The Balaban J connectivity index is 2.24. The molecule has 1 amide bonds. The third-order valence-corrected chi connectivity index (χ3v) is 5.39. The number of esters is 1. The molecule has 0 aromatic heterocycles. The van der Waals surface area contributed by atoms with E-state index >= 15 is 0 Å². The largest absolute Gasteiger partial charge is 0.464 e. The number of nitrogens with zero attached hydrogens (tertiary/aromatic N) is 2. The second-order valence-corrected chi connectivity index (χ2v) is 7.14. The lowest BCUT2D eigenvalue weighted by molar-refractivity contribution is -0.528. The Kier molecular flexibility index (Phi) is 6.34. The van der Waals surface area contributed by atoms with Gasteiger partial charge < -0.3 is 9.47 Å². The second kappa shape index (κ2) is 8.94. The minimum Gasteiger partial charge on any atom is -0.464 e. The van der Waals surface area contributed by atoms with Crippen molar-refractivity contribution in [2.75, 3.05) is 13.7 Å². The molecule has 2 aromatic carbocycles. The summed E-state index contributed by atoms with van der Waals surface area (Å²) in [5, 5.41) is 12.3. The van der Waals surface area contributed by atoms with Gasteiger partial charge in [-0.2, -0.15) is 0 Å². The third-order valence-electron chi connectivity index (χ3n) is 5.39. The van der Waals surface area contributed by atoms with Crippen LogP contribution in [0.4, 0.5) is 4.79 Å². The zero-order valence-corrected chi connectivity index (χ0v) is 17.1. The monoisotopic (exact) mass is 412 g/mol. The number of hydrogen-bond acceptors (Lipinski definition) is 6. The number of ether oxygens (including phenoxy) is 2. The Morgan fingerprint density at radius 2 is 1.70 bits per heavy atom. The summed E-state index contributed by atoms with van der Waals surface area (Å²) >= 11 is 0. The predicted molar refractivity (Wildman–Crippen MR) is 109 cm³/mol. The van der Waals surface area contributed by atoms with Gasteiger partial charge in [0.25, 0.3) is 0 Å². The molecular weight excluding hydrogens is 388 g/mol. The number of benzene rings is 2. The van der Waals surface area contributed by atoms with E-state index < -0.39 is 41.0 Å². The Labute approximate surface area is 174 Å². The Bertz CT molecular complexity index is 915. The lowest BCUT2D eigenvalue weighted by atomic mass is 9.85. The summed E-state index contributed by atoms with van der Waals surface area (Å²) in [5.74, 6) is -1.59. The molecule has 0 N–H and O–H groups in total. The van der Waals surface area contributed by atoms with Crippen LogP contribution >= 0.6 is 0 Å². The van der Waals surface area contributed by atoms with E-state index in [1.165, 1.54) is 7.11 Å². The molecule has 8 nitrogen and oxygen atoms in total. The van der Waals surface area contributed by atoms with E-state index in [1.54, 1.807) is 49.4 Å². The molecule has 1 aliphatic rings. The molecule has 30 heavy (non-hydrogen) atoms. The van der Waals surface area contributed by atoms with Crippen molar-refractivity contribution in [2.24, 2.45) is 0 Å². The number of hydrogen-bond donors (Lipinski definition) is 0. The average Bonchev–Trinajstić information content (AvgIpc) is 3.11. The van der Waals surface area contributed by atoms with Gasteiger partial charge in [0.05, 0.1) is 19.6 Å². The standard InChI is InChI=1S/C22H24N2O6/c1-4-30-21(25)20-17(15-8-6-5-7-9-15)19(24(27)28)18(23(20)22(26)29-3)16-12-10-14(2)11-13-16/h5-13,17-20H,4H2,1-3H3/t17-,18-,19-,20-/m0/s1. The molecule has 8 heteroatoms. The van der Waals surface area contributed by atoms with Crippen molar-refractivity contribution in [3.05, 3.63) is 81.4 Å². The number of aryl methyl sites for hydroxylation is 1. The molecular formula is C22H24N2O6. The van der Waals surface area contributed by atoms with Crippen molar-refractivity contribution >= 4 is 12.1 Å². The Morgan fingerprint density at radius 1 is 1.07 bits per heavy atom. The molecule has 1 aliphatic heterocycles. The van der Waals surface area contributed by atoms with Crippen LogP contribution in [0, 0.1) is 17.0 Å². The van der Waals surface area contributed by atoms with E-state index in [2.05, 4.69) is 0 Å². The van der Waals surface area contributed by atoms with Gasteiger partial charge >= 0.3 is 12.1 Å². The highest BCUT2D eigenvalue weighted by atomic mass is 16.6. The maximum absolute atomic E-state index is 13.0. The molecule has 0 saturated carbocycles. The highest BCUT2D eigenvalue weighted by molar-refractivity contribution is 5.84. The van der Waals surface area contributed by atoms with Gasteiger partial charge in [0.2, 0.25) is 6.04 Å². The van der Waals surface area contributed by atoms with E-state index in [-0.39, 0.29) is 6.61 Å². The van der Waals surface area contributed by atoms with Gasteiger partial charge in [0, 0.05) is 4.92 Å². The van der Waals surface area contributed by atoms with Crippen LogP contribution < -0.4 is 0 Å². The third kappa shape index (κ3) is 3.85. The zero-order valence-electron chi connectivity index (χ0n) is 17.1. The Hall–Kier alpha value is -3.42. The van der Waals surface area contributed by atoms with Crippen molar-refractivity contribution in [2.45, 2.75) is 37.9 Å². The lowest BCUT2D eigenvalue weighted by Crippen LogP contribution is -2.44. The first kappa shape index (κ1) is 21.3. The summed E-state index contributed by atoms with van der Waals surface area (Å²) in [5.41, 5.74) is 2.11. The molecule has 0 radical (unpaired) electrons. The van der Waals surface area contributed by atoms with Gasteiger partial charge in [-0.05, 0) is 25.0 Å². The average molecular weight is 412 g/mol. The van der Waals surface area contributed by atoms with E-state index in [9.17, 15) is 19.7 Å². The molecule has 0 aliphatic carbocycles. The van der Waals surface area contributed by atoms with Crippen LogP contribution in [0.3, 0.4) is 0 Å². The smallest absolute Gasteiger partial charge is 0.411 e. The van der Waals surface area contributed by atoms with Crippen LogP contribution in [-0.2, 0) is 14.3 Å². The van der Waals surface area contributed by atoms with Gasteiger partial charge in [-0.25, -0.2) is 9.59 Å². The number of likely N-dealkylation sites (tertiary alicyclic amines) is 1. The molecule has 4 atom stereocenters. The summed E-state index contributed by atoms with van der Waals surface area (Å²) in [6.07, 6.45) is -0.816. The van der Waals surface area contributed by atoms with Crippen LogP contribution in [-0.4, -0.2) is 47.7 Å². The van der Waals surface area contributed by atoms with E-state index in [0.29, 0.717) is 11.1 Å². The molecule has 0 unspecified atom stereocenters. The summed E-state index contributed by atoms with van der Waals surface area (Å²) in [4.78, 5) is 38.8. The zero-order chi connectivity index (χ0) is 21.8. The number of rotatable bonds is 5. The first-order valence-corrected chi connectivity index (χ1v) is 9.68. The van der Waals surface area contributed by atoms with Gasteiger partial charge in [-0.1, -0.05) is 60.2 Å². The molecule has 0 bridgehead atoms. The van der Waals surface area contributed by atoms with E-state index in [4.69, 9.17) is 9.47 Å². The fourth-order valence-electron chi connectivity index (χ4n) is 4.14. The summed E-state index contributed by atoms with van der Waals surface area (Å²) in [6.45, 7) is 3.63. The van der Waals surface area contributed by atoms with Crippen LogP contribution in [0.1, 0.15) is 35.6 Å². The predicted octanol–water partition coefficient (Wildman–Crippen LogP) is 3.48. The maximum Gasteiger partial charge on any atom is 0.411 e. The number of amides is 1. The molecule has 1 heterocycles. The lowest BCUT2D eigenvalue weighted by Gasteiger charge is -2.28. The second-order valence-electron chi connectivity index (χ2n) is 7.14. The number of methoxy groups -OCH3 is 1. The van der Waals surface area contributed by atoms with Crippen LogP contribution in [0.2, 0.25) is 0 Å². The van der Waals surface area contributed by atoms with Crippen LogP contribution in [0.5, 0.6) is 0 Å². The number of carbonyl (C=O) groups excluding carboxylic acids is 2. The molecule has 158 valence electrons. The summed E-state index contributed by atoms with van der Waals surface area (Å²) in [7, 11) is 1.19. The fourth-order valence-corrected chi connectivity index (χ4v) is 4.14. The van der Waals surface area contributed by atoms with Gasteiger partial charge in [-0.3, -0.25) is 15.0 Å². The molecule has 1 fully saturated rings. The highest BCUT2D eigenvalue weighted by Crippen LogP contribution is 2.47. The fraction of sp³-hybridized carbons (Fsp3) is 0.364. The molecule has 2 aromatic rings. The minimum absolute atomic E-state index is 0.0875. The van der Waals surface area contributed by atoms with E-state index in [0.717, 1.165) is 10.5 Å². The van der Waals surface area contributed by atoms with Crippen molar-refractivity contribution in [3.63, 3.8) is 0 Å². The van der Waals surface area contributed by atoms with Crippen molar-refractivity contribution in [3.8, 4) is 0 Å². The highest BCUT2D eigenvalue weighted by Gasteiger charge is 2.62. The van der Waals surface area contributed by atoms with Crippen molar-refractivity contribution in [1.29, 1.82) is 0 Å². The maximum atomic E-state index is 13.0. The quantitative estimate of drug-likeness (QED) is 0.424. The van der Waals surface area contributed by atoms with Crippen LogP contribution in [0.25, 0.3) is 0 Å². The number of nitro groups is 1. The summed E-state index contributed by atoms with van der Waals surface area (Å²) in [6, 6.07) is 12.4.